The molecule has 1 aromatic rings. The summed E-state index contributed by atoms with van der Waals surface area (Å²) in [5.41, 5.74) is 0.235. The second-order valence-electron chi connectivity index (χ2n) is 4.53. The van der Waals surface area contributed by atoms with E-state index in [0.717, 1.165) is 19.5 Å². The Morgan fingerprint density at radius 2 is 2.22 bits per heavy atom. The highest BCUT2D eigenvalue weighted by molar-refractivity contribution is 5.92. The fraction of sp³-hybridized carbons (Fsp3) is 0.538. The predicted octanol–water partition coefficient (Wildman–Crippen LogP) is 1.68. The van der Waals surface area contributed by atoms with Crippen LogP contribution in [0.4, 0.5) is 5.82 Å². The van der Waals surface area contributed by atoms with Crippen molar-refractivity contribution >= 4 is 11.8 Å². The van der Waals surface area contributed by atoms with Crippen molar-refractivity contribution in [1.29, 1.82) is 0 Å². The molecule has 2 N–H and O–H groups in total. The average Bonchev–Trinajstić information content (AvgIpc) is 2.88. The van der Waals surface area contributed by atoms with E-state index < -0.39 is 5.97 Å². The summed E-state index contributed by atoms with van der Waals surface area (Å²) < 4.78 is 0. The number of carboxylic acids is 1. The SMILES string of the molecule is O=C(O)c1cccnc1NCCCN1CCCC1. The fourth-order valence-electron chi connectivity index (χ4n) is 2.23. The zero-order chi connectivity index (χ0) is 12.8. The number of anilines is 1. The number of carboxylic acid groups (broad SMARTS) is 1. The Hall–Kier alpha value is -1.62. The standard InChI is InChI=1S/C13H19N3O2/c17-13(18)11-5-3-6-14-12(11)15-7-4-10-16-8-1-2-9-16/h3,5-6H,1-2,4,7-10H2,(H,14,15)(H,17,18). The Morgan fingerprint density at radius 3 is 2.94 bits per heavy atom. The van der Waals surface area contributed by atoms with Crippen LogP contribution in [0.15, 0.2) is 18.3 Å². The van der Waals surface area contributed by atoms with Gasteiger partial charge in [0.25, 0.3) is 0 Å². The van der Waals surface area contributed by atoms with E-state index in [4.69, 9.17) is 5.11 Å². The summed E-state index contributed by atoms with van der Waals surface area (Å²) in [6.45, 7) is 4.23. The van der Waals surface area contributed by atoms with Gasteiger partial charge in [-0.1, -0.05) is 0 Å². The Balaban J connectivity index is 1.77. The molecular weight excluding hydrogens is 230 g/mol. The van der Waals surface area contributed by atoms with Crippen LogP contribution < -0.4 is 5.32 Å². The van der Waals surface area contributed by atoms with Gasteiger partial charge in [-0.05, 0) is 51.0 Å². The van der Waals surface area contributed by atoms with Crippen LogP contribution in [0.2, 0.25) is 0 Å². The molecule has 5 heteroatoms. The molecule has 1 aliphatic rings. The normalized spacial score (nSPS) is 15.8. The number of rotatable bonds is 6. The molecule has 98 valence electrons. The summed E-state index contributed by atoms with van der Waals surface area (Å²) in [7, 11) is 0. The topological polar surface area (TPSA) is 65.5 Å². The van der Waals surface area contributed by atoms with Crippen LogP contribution in [-0.2, 0) is 0 Å². The van der Waals surface area contributed by atoms with Crippen molar-refractivity contribution in [3.05, 3.63) is 23.9 Å². The van der Waals surface area contributed by atoms with Gasteiger partial charge in [0.2, 0.25) is 0 Å². The molecule has 1 aromatic heterocycles. The van der Waals surface area contributed by atoms with E-state index >= 15 is 0 Å². The number of likely N-dealkylation sites (tertiary alicyclic amines) is 1. The Morgan fingerprint density at radius 1 is 1.44 bits per heavy atom. The van der Waals surface area contributed by atoms with Gasteiger partial charge < -0.3 is 15.3 Å². The molecule has 0 aliphatic carbocycles. The zero-order valence-electron chi connectivity index (χ0n) is 10.4. The first kappa shape index (κ1) is 12.8. The van der Waals surface area contributed by atoms with Crippen molar-refractivity contribution in [2.45, 2.75) is 19.3 Å². The van der Waals surface area contributed by atoms with Crippen molar-refractivity contribution < 1.29 is 9.90 Å². The lowest BCUT2D eigenvalue weighted by molar-refractivity contribution is 0.0697. The molecule has 1 fully saturated rings. The van der Waals surface area contributed by atoms with Gasteiger partial charge in [-0.25, -0.2) is 9.78 Å². The third kappa shape index (κ3) is 3.43. The van der Waals surface area contributed by atoms with Crippen molar-refractivity contribution in [1.82, 2.24) is 9.88 Å². The van der Waals surface area contributed by atoms with Gasteiger partial charge >= 0.3 is 5.97 Å². The monoisotopic (exact) mass is 249 g/mol. The first-order valence-corrected chi connectivity index (χ1v) is 6.42. The van der Waals surface area contributed by atoms with Gasteiger partial charge in [0, 0.05) is 12.7 Å². The second kappa shape index (κ2) is 6.35. The summed E-state index contributed by atoms with van der Waals surface area (Å²) in [4.78, 5) is 17.5. The maximum absolute atomic E-state index is 11.0. The van der Waals surface area contributed by atoms with Crippen molar-refractivity contribution in [2.24, 2.45) is 0 Å². The third-order valence-electron chi connectivity index (χ3n) is 3.18. The molecule has 1 saturated heterocycles. The second-order valence-corrected chi connectivity index (χ2v) is 4.53. The maximum Gasteiger partial charge on any atom is 0.339 e. The number of pyridine rings is 1. The van der Waals surface area contributed by atoms with Gasteiger partial charge in [0.15, 0.2) is 0 Å². The molecule has 2 heterocycles. The van der Waals surface area contributed by atoms with Crippen molar-refractivity contribution in [2.75, 3.05) is 31.5 Å². The van der Waals surface area contributed by atoms with Gasteiger partial charge in [0.1, 0.15) is 11.4 Å². The molecular formula is C13H19N3O2. The van der Waals surface area contributed by atoms with Crippen molar-refractivity contribution in [3.63, 3.8) is 0 Å². The van der Waals surface area contributed by atoms with Crippen LogP contribution in [0.3, 0.4) is 0 Å². The highest BCUT2D eigenvalue weighted by Crippen LogP contribution is 2.11. The van der Waals surface area contributed by atoms with Gasteiger partial charge in [-0.2, -0.15) is 0 Å². The summed E-state index contributed by atoms with van der Waals surface area (Å²) in [6.07, 6.45) is 5.22. The van der Waals surface area contributed by atoms with Crippen LogP contribution in [0.5, 0.6) is 0 Å². The van der Waals surface area contributed by atoms with E-state index in [2.05, 4.69) is 15.2 Å². The quantitative estimate of drug-likeness (QED) is 0.751. The minimum atomic E-state index is -0.940. The molecule has 1 aliphatic heterocycles. The molecule has 0 unspecified atom stereocenters. The van der Waals surface area contributed by atoms with Crippen molar-refractivity contribution in [3.8, 4) is 0 Å². The molecule has 0 bridgehead atoms. The number of nitrogens with one attached hydrogen (secondary N) is 1. The molecule has 0 saturated carbocycles. The number of aromatic nitrogens is 1. The van der Waals surface area contributed by atoms with E-state index in [1.807, 2.05) is 0 Å². The van der Waals surface area contributed by atoms with E-state index in [-0.39, 0.29) is 5.56 Å². The van der Waals surface area contributed by atoms with E-state index in [1.165, 1.54) is 25.9 Å². The van der Waals surface area contributed by atoms with Gasteiger partial charge in [0.05, 0.1) is 0 Å². The summed E-state index contributed by atoms with van der Waals surface area (Å²) in [5.74, 6) is -0.475. The van der Waals surface area contributed by atoms with Crippen LogP contribution in [0, 0.1) is 0 Å². The minimum absolute atomic E-state index is 0.235. The van der Waals surface area contributed by atoms with E-state index in [1.54, 1.807) is 18.3 Å². The number of hydrogen-bond acceptors (Lipinski definition) is 4. The van der Waals surface area contributed by atoms with Crippen LogP contribution in [-0.4, -0.2) is 47.1 Å². The highest BCUT2D eigenvalue weighted by Gasteiger charge is 2.12. The number of nitrogens with zero attached hydrogens (tertiary/aromatic N) is 2. The number of aromatic carboxylic acids is 1. The maximum atomic E-state index is 11.0. The molecule has 0 atom stereocenters. The summed E-state index contributed by atoms with van der Waals surface area (Å²) in [6, 6.07) is 3.21. The molecule has 0 amide bonds. The Labute approximate surface area is 107 Å². The lowest BCUT2D eigenvalue weighted by Gasteiger charge is -2.14. The van der Waals surface area contributed by atoms with E-state index in [9.17, 15) is 4.79 Å². The molecule has 0 spiro atoms. The van der Waals surface area contributed by atoms with Gasteiger partial charge in [-0.15, -0.1) is 0 Å². The summed E-state index contributed by atoms with van der Waals surface area (Å²) in [5, 5.41) is 12.1. The molecule has 5 nitrogen and oxygen atoms in total. The largest absolute Gasteiger partial charge is 0.478 e. The number of carbonyl (C=O) groups is 1. The highest BCUT2D eigenvalue weighted by atomic mass is 16.4. The van der Waals surface area contributed by atoms with Crippen LogP contribution >= 0.6 is 0 Å². The fourth-order valence-corrected chi connectivity index (χ4v) is 2.23. The molecule has 18 heavy (non-hydrogen) atoms. The predicted molar refractivity (Wildman–Crippen MR) is 70.0 cm³/mol. The molecule has 2 rings (SSSR count). The first-order valence-electron chi connectivity index (χ1n) is 6.42. The lowest BCUT2D eigenvalue weighted by atomic mass is 10.2. The minimum Gasteiger partial charge on any atom is -0.478 e. The smallest absolute Gasteiger partial charge is 0.339 e. The summed E-state index contributed by atoms with van der Waals surface area (Å²) >= 11 is 0. The van der Waals surface area contributed by atoms with Crippen LogP contribution in [0.1, 0.15) is 29.6 Å². The van der Waals surface area contributed by atoms with Gasteiger partial charge in [-0.3, -0.25) is 0 Å². The first-order chi connectivity index (χ1) is 8.77. The van der Waals surface area contributed by atoms with Crippen LogP contribution in [0.25, 0.3) is 0 Å². The Bertz CT molecular complexity index is 403. The third-order valence-corrected chi connectivity index (χ3v) is 3.18. The lowest BCUT2D eigenvalue weighted by Crippen LogP contribution is -2.22. The zero-order valence-corrected chi connectivity index (χ0v) is 10.4. The number of hydrogen-bond donors (Lipinski definition) is 2. The average molecular weight is 249 g/mol. The molecule has 0 radical (unpaired) electrons. The molecule has 0 aromatic carbocycles. The Kier molecular flexibility index (Phi) is 4.52. The van der Waals surface area contributed by atoms with E-state index in [0.29, 0.717) is 5.82 Å².